The predicted octanol–water partition coefficient (Wildman–Crippen LogP) is 7.58. The van der Waals surface area contributed by atoms with Crippen molar-refractivity contribution in [1.82, 2.24) is 15.6 Å². The molecule has 8 heteroatoms. The van der Waals surface area contributed by atoms with E-state index in [1.807, 2.05) is 97.1 Å². The van der Waals surface area contributed by atoms with E-state index in [4.69, 9.17) is 9.47 Å². The molecule has 1 saturated heterocycles. The van der Waals surface area contributed by atoms with Gasteiger partial charge < -0.3 is 25.2 Å². The summed E-state index contributed by atoms with van der Waals surface area (Å²) < 4.78 is 13.1. The lowest BCUT2D eigenvalue weighted by Crippen LogP contribution is -2.34. The number of carbonyl (C=O) groups is 1. The van der Waals surface area contributed by atoms with Crippen LogP contribution in [0.4, 0.5) is 4.79 Å². The van der Waals surface area contributed by atoms with E-state index in [2.05, 4.69) is 39.9 Å². The Hall–Kier alpha value is -4.47. The van der Waals surface area contributed by atoms with Gasteiger partial charge in [0.1, 0.15) is 0 Å². The molecule has 3 N–H and O–H groups in total. The summed E-state index contributed by atoms with van der Waals surface area (Å²) in [6, 6.07) is 39.9. The Morgan fingerprint density at radius 3 is 2.22 bits per heavy atom. The van der Waals surface area contributed by atoms with Gasteiger partial charge >= 0.3 is 6.03 Å². The number of thioether (sulfide) groups is 1. The Morgan fingerprint density at radius 2 is 1.46 bits per heavy atom. The molecule has 46 heavy (non-hydrogen) atoms. The quantitative estimate of drug-likeness (QED) is 0.130. The van der Waals surface area contributed by atoms with E-state index in [1.54, 1.807) is 18.0 Å². The molecule has 1 fully saturated rings. The van der Waals surface area contributed by atoms with Crippen LogP contribution in [-0.4, -0.2) is 28.0 Å². The maximum Gasteiger partial charge on any atom is 0.315 e. The number of carbonyl (C=O) groups excluding carboxylic acids is 1. The van der Waals surface area contributed by atoms with Gasteiger partial charge in [0.25, 0.3) is 0 Å². The Kier molecular flexibility index (Phi) is 10.7. The van der Waals surface area contributed by atoms with Gasteiger partial charge in [-0.25, -0.2) is 9.78 Å². The molecule has 0 saturated carbocycles. The molecule has 4 aromatic carbocycles. The second-order valence-corrected chi connectivity index (χ2v) is 12.2. The molecule has 6 rings (SSSR count). The minimum absolute atomic E-state index is 0.00634. The first kappa shape index (κ1) is 31.5. The zero-order chi connectivity index (χ0) is 31.6. The molecule has 3 atom stereocenters. The highest BCUT2D eigenvalue weighted by Crippen LogP contribution is 2.40. The van der Waals surface area contributed by atoms with Crippen molar-refractivity contribution in [2.45, 2.75) is 49.6 Å². The van der Waals surface area contributed by atoms with Gasteiger partial charge in [0.2, 0.25) is 0 Å². The van der Waals surface area contributed by atoms with Crippen LogP contribution in [0, 0.1) is 0 Å². The van der Waals surface area contributed by atoms with Crippen LogP contribution in [0.25, 0.3) is 11.1 Å². The van der Waals surface area contributed by atoms with E-state index >= 15 is 0 Å². The monoisotopic (exact) mass is 631 g/mol. The minimum Gasteiger partial charge on any atom is -0.392 e. The highest BCUT2D eigenvalue weighted by Gasteiger charge is 2.32. The zero-order valence-electron chi connectivity index (χ0n) is 25.4. The number of urea groups is 1. The predicted molar refractivity (Wildman–Crippen MR) is 181 cm³/mol. The van der Waals surface area contributed by atoms with Crippen LogP contribution in [0.5, 0.6) is 0 Å². The molecule has 0 spiro atoms. The molecule has 0 aliphatic carbocycles. The molecular weight excluding hydrogens is 595 g/mol. The number of nitrogens with one attached hydrogen (secondary N) is 2. The van der Waals surface area contributed by atoms with Crippen molar-refractivity contribution in [3.63, 3.8) is 0 Å². The van der Waals surface area contributed by atoms with Crippen LogP contribution < -0.4 is 10.6 Å². The van der Waals surface area contributed by atoms with Crippen LogP contribution in [-0.2, 0) is 29.2 Å². The van der Waals surface area contributed by atoms with Gasteiger partial charge in [0, 0.05) is 37.0 Å². The zero-order valence-corrected chi connectivity index (χ0v) is 26.2. The van der Waals surface area contributed by atoms with Gasteiger partial charge in [0.15, 0.2) is 6.29 Å². The Labute approximate surface area is 274 Å². The first-order valence-corrected chi connectivity index (χ1v) is 16.4. The summed E-state index contributed by atoms with van der Waals surface area (Å²) >= 11 is 1.68. The molecule has 1 aromatic heterocycles. The third kappa shape index (κ3) is 8.62. The first-order valence-electron chi connectivity index (χ1n) is 15.4. The van der Waals surface area contributed by atoms with E-state index in [1.165, 1.54) is 0 Å². The molecule has 5 aromatic rings. The van der Waals surface area contributed by atoms with Crippen molar-refractivity contribution < 1.29 is 19.4 Å². The third-order valence-corrected chi connectivity index (χ3v) is 8.91. The fourth-order valence-electron chi connectivity index (χ4n) is 5.38. The van der Waals surface area contributed by atoms with E-state index in [9.17, 15) is 9.90 Å². The number of ether oxygens (including phenoxy) is 2. The molecule has 2 heterocycles. The van der Waals surface area contributed by atoms with Crippen molar-refractivity contribution in [3.8, 4) is 11.1 Å². The van der Waals surface area contributed by atoms with Crippen molar-refractivity contribution in [2.24, 2.45) is 0 Å². The number of benzene rings is 4. The van der Waals surface area contributed by atoms with Gasteiger partial charge in [-0.05, 0) is 57.6 Å². The normalized spacial score (nSPS) is 17.7. The molecule has 0 radical (unpaired) electrons. The summed E-state index contributed by atoms with van der Waals surface area (Å²) in [4.78, 5) is 16.9. The number of rotatable bonds is 11. The molecule has 1 aliphatic heterocycles. The molecular formula is C38H37N3O4S. The smallest absolute Gasteiger partial charge is 0.315 e. The maximum absolute atomic E-state index is 12.4. The molecule has 0 bridgehead atoms. The fourth-order valence-corrected chi connectivity index (χ4v) is 6.26. The highest BCUT2D eigenvalue weighted by molar-refractivity contribution is 7.99. The topological polar surface area (TPSA) is 92.7 Å². The summed E-state index contributed by atoms with van der Waals surface area (Å²) in [6.07, 6.45) is 1.75. The molecule has 1 aliphatic rings. The molecule has 234 valence electrons. The van der Waals surface area contributed by atoms with Crippen molar-refractivity contribution >= 4 is 17.8 Å². The summed E-state index contributed by atoms with van der Waals surface area (Å²) in [5, 5.41) is 16.3. The van der Waals surface area contributed by atoms with Crippen molar-refractivity contribution in [1.29, 1.82) is 0 Å². The molecule has 7 nitrogen and oxygen atoms in total. The SMILES string of the molecule is O=C(NCc1ccccc1)NCc1cccc(-c2cccc([C@H]3O[C@@H](CSc4ccccn4)C[C@@H](c4ccc(CO)cc4)O3)c2)c1. The van der Waals surface area contributed by atoms with Gasteiger partial charge in [-0.2, -0.15) is 0 Å². The largest absolute Gasteiger partial charge is 0.392 e. The van der Waals surface area contributed by atoms with Crippen molar-refractivity contribution in [3.05, 3.63) is 155 Å². The summed E-state index contributed by atoms with van der Waals surface area (Å²) in [5.41, 5.74) is 6.99. The van der Waals surface area contributed by atoms with Crippen LogP contribution >= 0.6 is 11.8 Å². The number of pyridine rings is 1. The number of nitrogens with zero attached hydrogens (tertiary/aromatic N) is 1. The van der Waals surface area contributed by atoms with E-state index in [0.717, 1.165) is 49.7 Å². The van der Waals surface area contributed by atoms with Crippen LogP contribution in [0.3, 0.4) is 0 Å². The second-order valence-electron chi connectivity index (χ2n) is 11.2. The van der Waals surface area contributed by atoms with E-state index in [-0.39, 0.29) is 24.8 Å². The lowest BCUT2D eigenvalue weighted by atomic mass is 9.99. The van der Waals surface area contributed by atoms with Gasteiger partial charge in [-0.1, -0.05) is 97.1 Å². The minimum atomic E-state index is -0.552. The Bertz CT molecular complexity index is 1700. The number of hydrogen-bond donors (Lipinski definition) is 3. The summed E-state index contributed by atoms with van der Waals surface area (Å²) in [5.74, 6) is 0.746. The van der Waals surface area contributed by atoms with Gasteiger partial charge in [-0.3, -0.25) is 0 Å². The number of amides is 2. The van der Waals surface area contributed by atoms with Gasteiger partial charge in [-0.15, -0.1) is 11.8 Å². The average Bonchev–Trinajstić information content (AvgIpc) is 3.13. The molecule has 2 amide bonds. The first-order chi connectivity index (χ1) is 22.6. The van der Waals surface area contributed by atoms with Crippen molar-refractivity contribution in [2.75, 3.05) is 5.75 Å². The number of hydrogen-bond acceptors (Lipinski definition) is 6. The van der Waals surface area contributed by atoms with Crippen LogP contribution in [0.1, 0.15) is 46.6 Å². The Morgan fingerprint density at radius 1 is 0.739 bits per heavy atom. The highest BCUT2D eigenvalue weighted by atomic mass is 32.2. The maximum atomic E-state index is 12.4. The summed E-state index contributed by atoms with van der Waals surface area (Å²) in [6.45, 7) is 0.893. The number of aliphatic hydroxyl groups excluding tert-OH is 1. The molecule has 0 unspecified atom stereocenters. The Balaban J connectivity index is 1.15. The second kappa shape index (κ2) is 15.7. The number of aliphatic hydroxyl groups is 1. The van der Waals surface area contributed by atoms with Gasteiger partial charge in [0.05, 0.1) is 23.8 Å². The van der Waals surface area contributed by atoms with Crippen LogP contribution in [0.2, 0.25) is 0 Å². The fraction of sp³-hybridized carbons (Fsp3) is 0.211. The van der Waals surface area contributed by atoms with E-state index < -0.39 is 6.29 Å². The average molecular weight is 632 g/mol. The lowest BCUT2D eigenvalue weighted by molar-refractivity contribution is -0.245. The standard InChI is InChI=1S/C38H37N3O4S/c42-25-28-15-17-30(18-16-28)35-22-34(26-46-36-14-4-5-19-39-36)44-37(45-35)33-13-7-12-32(21-33)31-11-6-10-29(20-31)24-41-38(43)40-23-27-8-2-1-3-9-27/h1-21,34-35,37,42H,22-26H2,(H2,40,41,43)/t34-,35+,37+/m1/s1. The van der Waals surface area contributed by atoms with E-state index in [0.29, 0.717) is 19.5 Å². The third-order valence-electron chi connectivity index (χ3n) is 7.84. The number of aromatic nitrogens is 1. The lowest BCUT2D eigenvalue weighted by Gasteiger charge is -2.36. The van der Waals surface area contributed by atoms with Crippen LogP contribution in [0.15, 0.2) is 133 Å². The summed E-state index contributed by atoms with van der Waals surface area (Å²) in [7, 11) is 0.